The second-order valence-corrected chi connectivity index (χ2v) is 6.32. The van der Waals surface area contributed by atoms with Crippen molar-refractivity contribution < 1.29 is 13.6 Å². The van der Waals surface area contributed by atoms with Gasteiger partial charge >= 0.3 is 6.55 Å². The van der Waals surface area contributed by atoms with Crippen LogP contribution in [0.2, 0.25) is 0 Å². The molecule has 0 atom stereocenters. The molecule has 0 unspecified atom stereocenters. The van der Waals surface area contributed by atoms with Gasteiger partial charge in [0.05, 0.1) is 15.2 Å². The van der Waals surface area contributed by atoms with Crippen LogP contribution in [0.25, 0.3) is 10.2 Å². The van der Waals surface area contributed by atoms with Crippen molar-refractivity contribution in [1.29, 1.82) is 0 Å². The van der Waals surface area contributed by atoms with Gasteiger partial charge in [-0.15, -0.1) is 11.3 Å². The smallest absolute Gasteiger partial charge is 0.319 e. The van der Waals surface area contributed by atoms with Crippen LogP contribution in [-0.4, -0.2) is 27.0 Å². The van der Waals surface area contributed by atoms with Crippen molar-refractivity contribution in [2.75, 3.05) is 6.54 Å². The van der Waals surface area contributed by atoms with Crippen LogP contribution < -0.4 is 5.32 Å². The molecule has 126 valence electrons. The average molecular weight is 350 g/mol. The number of para-hydroxylation sites is 1. The molecule has 1 N–H and O–H groups in total. The minimum Gasteiger partial charge on any atom is -0.356 e. The SMILES string of the molecule is O=C(CCc1nc2ccccc2s1)NCCc1nccn1C(F)F. The Labute approximate surface area is 141 Å². The van der Waals surface area contributed by atoms with E-state index < -0.39 is 6.55 Å². The lowest BCUT2D eigenvalue weighted by atomic mass is 10.3. The Morgan fingerprint density at radius 2 is 2.12 bits per heavy atom. The summed E-state index contributed by atoms with van der Waals surface area (Å²) in [6, 6.07) is 7.84. The zero-order valence-electron chi connectivity index (χ0n) is 12.8. The zero-order valence-corrected chi connectivity index (χ0v) is 13.6. The highest BCUT2D eigenvalue weighted by Crippen LogP contribution is 2.22. The summed E-state index contributed by atoms with van der Waals surface area (Å²) in [5, 5.41) is 3.65. The number of carbonyl (C=O) groups excluding carboxylic acids is 1. The molecule has 0 spiro atoms. The number of halogens is 2. The van der Waals surface area contributed by atoms with Crippen LogP contribution in [0, 0.1) is 0 Å². The number of nitrogens with one attached hydrogen (secondary N) is 1. The summed E-state index contributed by atoms with van der Waals surface area (Å²) < 4.78 is 27.2. The van der Waals surface area contributed by atoms with Crippen molar-refractivity contribution >= 4 is 27.5 Å². The van der Waals surface area contributed by atoms with Crippen LogP contribution in [-0.2, 0) is 17.6 Å². The van der Waals surface area contributed by atoms with E-state index in [1.165, 1.54) is 12.4 Å². The van der Waals surface area contributed by atoms with Gasteiger partial charge < -0.3 is 5.32 Å². The summed E-state index contributed by atoms with van der Waals surface area (Å²) in [6.45, 7) is -2.33. The Hall–Kier alpha value is -2.35. The first-order chi connectivity index (χ1) is 11.6. The Balaban J connectivity index is 1.45. The first-order valence-corrected chi connectivity index (χ1v) is 8.36. The number of rotatable bonds is 7. The number of imidazole rings is 1. The lowest BCUT2D eigenvalue weighted by Gasteiger charge is -2.07. The molecule has 0 bridgehead atoms. The van der Waals surface area contributed by atoms with Crippen LogP contribution in [0.5, 0.6) is 0 Å². The number of benzene rings is 1. The fraction of sp³-hybridized carbons (Fsp3) is 0.312. The van der Waals surface area contributed by atoms with E-state index in [1.54, 1.807) is 11.3 Å². The molecule has 0 fully saturated rings. The number of amides is 1. The van der Waals surface area contributed by atoms with Gasteiger partial charge in [-0.2, -0.15) is 8.78 Å². The van der Waals surface area contributed by atoms with Crippen molar-refractivity contribution in [3.05, 3.63) is 47.5 Å². The number of nitrogens with zero attached hydrogens (tertiary/aromatic N) is 3. The van der Waals surface area contributed by atoms with E-state index >= 15 is 0 Å². The zero-order chi connectivity index (χ0) is 16.9. The Kier molecular flexibility index (Phi) is 5.14. The minimum absolute atomic E-state index is 0.121. The van der Waals surface area contributed by atoms with Crippen LogP contribution >= 0.6 is 11.3 Å². The molecule has 1 aromatic carbocycles. The maximum Gasteiger partial charge on any atom is 0.319 e. The standard InChI is InChI=1S/C16H16F2N4OS/c17-16(18)22-10-9-19-13(22)7-8-20-14(23)5-6-15-21-11-3-1-2-4-12(11)24-15/h1-4,9-10,16H,5-8H2,(H,20,23). The maximum absolute atomic E-state index is 12.7. The van der Waals surface area contributed by atoms with Gasteiger partial charge in [-0.25, -0.2) is 9.97 Å². The average Bonchev–Trinajstić information content (AvgIpc) is 3.19. The third-order valence-corrected chi connectivity index (χ3v) is 4.63. The second-order valence-electron chi connectivity index (χ2n) is 5.20. The summed E-state index contributed by atoms with van der Waals surface area (Å²) >= 11 is 1.58. The molecular weight excluding hydrogens is 334 g/mol. The number of thiazole rings is 1. The largest absolute Gasteiger partial charge is 0.356 e. The molecule has 0 aliphatic carbocycles. The Bertz CT molecular complexity index is 797. The third-order valence-electron chi connectivity index (χ3n) is 3.53. The van der Waals surface area contributed by atoms with E-state index in [0.717, 1.165) is 19.8 Å². The van der Waals surface area contributed by atoms with E-state index in [1.807, 2.05) is 24.3 Å². The van der Waals surface area contributed by atoms with Gasteiger partial charge in [0, 0.05) is 38.2 Å². The molecule has 24 heavy (non-hydrogen) atoms. The number of aromatic nitrogens is 3. The monoisotopic (exact) mass is 350 g/mol. The summed E-state index contributed by atoms with van der Waals surface area (Å²) in [4.78, 5) is 20.2. The predicted molar refractivity (Wildman–Crippen MR) is 88.1 cm³/mol. The third kappa shape index (κ3) is 3.94. The summed E-state index contributed by atoms with van der Waals surface area (Å²) in [6.07, 6.45) is 3.72. The first kappa shape index (κ1) is 16.5. The molecule has 3 rings (SSSR count). The molecule has 3 aromatic rings. The van der Waals surface area contributed by atoms with Crippen molar-refractivity contribution in [2.24, 2.45) is 0 Å². The molecule has 5 nitrogen and oxygen atoms in total. The molecule has 1 amide bonds. The molecule has 0 aliphatic rings. The van der Waals surface area contributed by atoms with E-state index in [9.17, 15) is 13.6 Å². The van der Waals surface area contributed by atoms with E-state index in [2.05, 4.69) is 15.3 Å². The fourth-order valence-corrected chi connectivity index (χ4v) is 3.33. The van der Waals surface area contributed by atoms with Gasteiger partial charge in [-0.3, -0.25) is 9.36 Å². The van der Waals surface area contributed by atoms with E-state index in [-0.39, 0.29) is 24.7 Å². The maximum atomic E-state index is 12.7. The first-order valence-electron chi connectivity index (χ1n) is 7.54. The molecule has 2 aromatic heterocycles. The van der Waals surface area contributed by atoms with Crippen molar-refractivity contribution in [1.82, 2.24) is 19.9 Å². The molecule has 8 heteroatoms. The summed E-state index contributed by atoms with van der Waals surface area (Å²) in [5.41, 5.74) is 0.941. The van der Waals surface area contributed by atoms with Crippen LogP contribution in [0.4, 0.5) is 8.78 Å². The molecule has 2 heterocycles. The highest BCUT2D eigenvalue weighted by molar-refractivity contribution is 7.18. The molecule has 0 saturated carbocycles. The lowest BCUT2D eigenvalue weighted by Crippen LogP contribution is -2.26. The molecular formula is C16H16F2N4OS. The lowest BCUT2D eigenvalue weighted by molar-refractivity contribution is -0.121. The number of hydrogen-bond donors (Lipinski definition) is 1. The van der Waals surface area contributed by atoms with E-state index in [4.69, 9.17) is 0 Å². The normalized spacial score (nSPS) is 11.3. The van der Waals surface area contributed by atoms with Crippen LogP contribution in [0.15, 0.2) is 36.7 Å². The fourth-order valence-electron chi connectivity index (χ4n) is 2.36. The predicted octanol–water partition coefficient (Wildman–Crippen LogP) is 3.18. The van der Waals surface area contributed by atoms with Gasteiger partial charge in [-0.1, -0.05) is 12.1 Å². The van der Waals surface area contributed by atoms with Gasteiger partial charge in [0.25, 0.3) is 0 Å². The Morgan fingerprint density at radius 3 is 2.92 bits per heavy atom. The highest BCUT2D eigenvalue weighted by Gasteiger charge is 2.11. The highest BCUT2D eigenvalue weighted by atomic mass is 32.1. The summed E-state index contributed by atoms with van der Waals surface area (Å²) in [5.74, 6) is 0.140. The minimum atomic E-state index is -2.61. The number of fused-ring (bicyclic) bond motifs is 1. The van der Waals surface area contributed by atoms with Crippen molar-refractivity contribution in [3.63, 3.8) is 0 Å². The van der Waals surface area contributed by atoms with Gasteiger partial charge in [0.2, 0.25) is 5.91 Å². The van der Waals surface area contributed by atoms with Gasteiger partial charge in [0.15, 0.2) is 0 Å². The number of hydrogen-bond acceptors (Lipinski definition) is 4. The van der Waals surface area contributed by atoms with Crippen molar-refractivity contribution in [2.45, 2.75) is 25.8 Å². The molecule has 0 radical (unpaired) electrons. The second kappa shape index (κ2) is 7.48. The van der Waals surface area contributed by atoms with E-state index in [0.29, 0.717) is 12.8 Å². The topological polar surface area (TPSA) is 59.8 Å². The number of alkyl halides is 2. The van der Waals surface area contributed by atoms with Crippen LogP contribution in [0.3, 0.4) is 0 Å². The molecule has 0 aliphatic heterocycles. The van der Waals surface area contributed by atoms with Crippen molar-refractivity contribution in [3.8, 4) is 0 Å². The number of carbonyl (C=O) groups is 1. The number of aryl methyl sites for hydroxylation is 1. The quantitative estimate of drug-likeness (QED) is 0.712. The van der Waals surface area contributed by atoms with Gasteiger partial charge in [0.1, 0.15) is 5.82 Å². The molecule has 0 saturated heterocycles. The summed E-state index contributed by atoms with van der Waals surface area (Å²) in [7, 11) is 0. The van der Waals surface area contributed by atoms with Crippen LogP contribution in [0.1, 0.15) is 23.8 Å². The van der Waals surface area contributed by atoms with Gasteiger partial charge in [-0.05, 0) is 12.1 Å². The Morgan fingerprint density at radius 1 is 1.29 bits per heavy atom.